The van der Waals surface area contributed by atoms with Crippen LogP contribution in [0.3, 0.4) is 0 Å². The minimum absolute atomic E-state index is 0.00695. The molecule has 6 nitrogen and oxygen atoms in total. The predicted octanol–water partition coefficient (Wildman–Crippen LogP) is 2.88. The summed E-state index contributed by atoms with van der Waals surface area (Å²) in [6, 6.07) is 4.05. The van der Waals surface area contributed by atoms with Gasteiger partial charge in [0.2, 0.25) is 0 Å². The lowest BCUT2D eigenvalue weighted by Gasteiger charge is -2.07. The zero-order valence-electron chi connectivity index (χ0n) is 12.0. The summed E-state index contributed by atoms with van der Waals surface area (Å²) in [5, 5.41) is 3.03. The van der Waals surface area contributed by atoms with E-state index in [2.05, 4.69) is 21.4 Å². The second-order valence-electron chi connectivity index (χ2n) is 4.11. The first kappa shape index (κ1) is 18.6. The Labute approximate surface area is 139 Å². The van der Waals surface area contributed by atoms with Crippen molar-refractivity contribution in [2.75, 3.05) is 13.7 Å². The standard InChI is InChI=1S/C13H15Cl2N3O3S/c1-9(16-2)7-17-13(8-21-3)18-22(19,20)12-5-4-10(14)6-11(12)15/h4-7H,2,8H2,1,3H3,(H,17,18)/b9-7-. The number of ether oxygens (including phenoxy) is 1. The highest BCUT2D eigenvalue weighted by Gasteiger charge is 2.18. The number of benzene rings is 1. The van der Waals surface area contributed by atoms with E-state index in [1.807, 2.05) is 0 Å². The van der Waals surface area contributed by atoms with Crippen LogP contribution < -0.4 is 5.32 Å². The van der Waals surface area contributed by atoms with Crippen LogP contribution in [0.25, 0.3) is 0 Å². The van der Waals surface area contributed by atoms with Gasteiger partial charge in [-0.3, -0.25) is 4.99 Å². The van der Waals surface area contributed by atoms with Gasteiger partial charge in [-0.2, -0.15) is 8.42 Å². The molecule has 0 heterocycles. The number of hydrogen-bond donors (Lipinski definition) is 1. The van der Waals surface area contributed by atoms with Crippen LogP contribution in [0, 0.1) is 0 Å². The number of rotatable bonds is 6. The zero-order chi connectivity index (χ0) is 16.8. The molecule has 22 heavy (non-hydrogen) atoms. The highest BCUT2D eigenvalue weighted by molar-refractivity contribution is 7.90. The van der Waals surface area contributed by atoms with Crippen molar-refractivity contribution in [1.29, 1.82) is 0 Å². The lowest BCUT2D eigenvalue weighted by atomic mass is 10.4. The van der Waals surface area contributed by atoms with Crippen molar-refractivity contribution in [2.45, 2.75) is 11.8 Å². The van der Waals surface area contributed by atoms with E-state index in [-0.39, 0.29) is 22.4 Å². The molecule has 0 atom stereocenters. The Balaban J connectivity index is 3.19. The summed E-state index contributed by atoms with van der Waals surface area (Å²) >= 11 is 11.7. The van der Waals surface area contributed by atoms with Crippen LogP contribution in [-0.2, 0) is 14.8 Å². The molecule has 0 radical (unpaired) electrons. The minimum Gasteiger partial charge on any atom is -0.377 e. The summed E-state index contributed by atoms with van der Waals surface area (Å²) in [6.45, 7) is 5.00. The molecule has 0 aliphatic carbocycles. The number of methoxy groups -OCH3 is 1. The maximum absolute atomic E-state index is 12.3. The van der Waals surface area contributed by atoms with E-state index in [9.17, 15) is 8.42 Å². The molecule has 0 saturated carbocycles. The normalized spacial score (nSPS) is 13.1. The van der Waals surface area contributed by atoms with E-state index in [0.29, 0.717) is 10.7 Å². The minimum atomic E-state index is -4.00. The van der Waals surface area contributed by atoms with E-state index in [1.54, 1.807) is 6.92 Å². The summed E-state index contributed by atoms with van der Waals surface area (Å²) in [6.07, 6.45) is 1.46. The van der Waals surface area contributed by atoms with Crippen molar-refractivity contribution in [1.82, 2.24) is 5.32 Å². The number of sulfonamides is 1. The van der Waals surface area contributed by atoms with Gasteiger partial charge in [0.25, 0.3) is 10.0 Å². The summed E-state index contributed by atoms with van der Waals surface area (Å²) in [7, 11) is -2.59. The molecular formula is C13H15Cl2N3O3S. The van der Waals surface area contributed by atoms with Gasteiger partial charge in [0, 0.05) is 18.3 Å². The van der Waals surface area contributed by atoms with E-state index < -0.39 is 10.0 Å². The number of hydrogen-bond acceptors (Lipinski definition) is 4. The van der Waals surface area contributed by atoms with Crippen molar-refractivity contribution < 1.29 is 13.2 Å². The van der Waals surface area contributed by atoms with E-state index in [1.165, 1.54) is 31.5 Å². The van der Waals surface area contributed by atoms with Crippen LogP contribution >= 0.6 is 23.2 Å². The second-order valence-corrected chi connectivity index (χ2v) is 6.53. The van der Waals surface area contributed by atoms with Gasteiger partial charge in [-0.25, -0.2) is 0 Å². The fourth-order valence-electron chi connectivity index (χ4n) is 1.34. The van der Waals surface area contributed by atoms with E-state index in [4.69, 9.17) is 27.9 Å². The predicted molar refractivity (Wildman–Crippen MR) is 89.4 cm³/mol. The number of nitrogens with one attached hydrogen (secondary N) is 1. The largest absolute Gasteiger partial charge is 0.377 e. The average molecular weight is 364 g/mol. The van der Waals surface area contributed by atoms with Crippen LogP contribution in [0.4, 0.5) is 0 Å². The monoisotopic (exact) mass is 363 g/mol. The van der Waals surface area contributed by atoms with Gasteiger partial charge in [-0.15, -0.1) is 4.40 Å². The first-order chi connectivity index (χ1) is 10.3. The molecule has 0 fully saturated rings. The molecule has 0 unspecified atom stereocenters. The molecule has 0 spiro atoms. The third-order valence-electron chi connectivity index (χ3n) is 2.38. The van der Waals surface area contributed by atoms with E-state index >= 15 is 0 Å². The third kappa shape index (κ3) is 5.42. The van der Waals surface area contributed by atoms with Crippen LogP contribution in [-0.4, -0.2) is 34.7 Å². The van der Waals surface area contributed by atoms with Crippen molar-refractivity contribution in [3.63, 3.8) is 0 Å². The maximum atomic E-state index is 12.3. The van der Waals surface area contributed by atoms with Gasteiger partial charge in [0.1, 0.15) is 17.3 Å². The lowest BCUT2D eigenvalue weighted by Crippen LogP contribution is -2.24. The molecule has 1 aromatic rings. The molecule has 0 aliphatic rings. The quantitative estimate of drug-likeness (QED) is 0.622. The van der Waals surface area contributed by atoms with Gasteiger partial charge in [0.15, 0.2) is 0 Å². The van der Waals surface area contributed by atoms with Crippen LogP contribution in [0.5, 0.6) is 0 Å². The first-order valence-electron chi connectivity index (χ1n) is 5.98. The molecule has 0 saturated heterocycles. The summed E-state index contributed by atoms with van der Waals surface area (Å²) in [4.78, 5) is 3.52. The second kappa shape index (κ2) is 8.28. The summed E-state index contributed by atoms with van der Waals surface area (Å²) < 4.78 is 33.2. The lowest BCUT2D eigenvalue weighted by molar-refractivity contribution is 0.243. The summed E-state index contributed by atoms with van der Waals surface area (Å²) in [5.74, 6) is 0.0801. The van der Waals surface area contributed by atoms with Gasteiger partial charge < -0.3 is 10.1 Å². The van der Waals surface area contributed by atoms with Crippen LogP contribution in [0.2, 0.25) is 10.0 Å². The number of amidine groups is 1. The maximum Gasteiger partial charge on any atom is 0.285 e. The fraction of sp³-hybridized carbons (Fsp3) is 0.231. The van der Waals surface area contributed by atoms with Crippen LogP contribution in [0.1, 0.15) is 6.92 Å². The van der Waals surface area contributed by atoms with Crippen molar-refractivity contribution in [2.24, 2.45) is 9.39 Å². The molecule has 1 N–H and O–H groups in total. The Morgan fingerprint density at radius 1 is 1.45 bits per heavy atom. The topological polar surface area (TPSA) is 80.1 Å². The Hall–Kier alpha value is -1.41. The number of halogens is 2. The molecule has 0 aliphatic heterocycles. The molecule has 0 amide bonds. The van der Waals surface area contributed by atoms with Crippen molar-refractivity contribution in [3.05, 3.63) is 40.1 Å². The molecule has 0 aromatic heterocycles. The molecule has 1 aromatic carbocycles. The molecule has 120 valence electrons. The molecule has 9 heteroatoms. The molecule has 0 bridgehead atoms. The summed E-state index contributed by atoms with van der Waals surface area (Å²) in [5.41, 5.74) is 0.561. The third-order valence-corrected chi connectivity index (χ3v) is 4.41. The number of allylic oxidation sites excluding steroid dienone is 1. The molecular weight excluding hydrogens is 349 g/mol. The van der Waals surface area contributed by atoms with Crippen molar-refractivity contribution in [3.8, 4) is 0 Å². The van der Waals surface area contributed by atoms with Crippen molar-refractivity contribution >= 4 is 45.8 Å². The van der Waals surface area contributed by atoms with Crippen LogP contribution in [0.15, 0.2) is 44.4 Å². The Morgan fingerprint density at radius 3 is 2.68 bits per heavy atom. The average Bonchev–Trinajstić information content (AvgIpc) is 2.43. The Kier molecular flexibility index (Phi) is 7.02. The van der Waals surface area contributed by atoms with E-state index in [0.717, 1.165) is 0 Å². The first-order valence-corrected chi connectivity index (χ1v) is 8.17. The van der Waals surface area contributed by atoms with Gasteiger partial charge in [-0.05, 0) is 31.8 Å². The number of aliphatic imine (C=N–C) groups is 1. The van der Waals surface area contributed by atoms with Gasteiger partial charge in [0.05, 0.1) is 10.7 Å². The zero-order valence-corrected chi connectivity index (χ0v) is 14.3. The Bertz CT molecular complexity index is 715. The highest BCUT2D eigenvalue weighted by atomic mass is 35.5. The SMILES string of the molecule is C=N/C(C)=C\N/C(COC)=N\S(=O)(=O)c1ccc(Cl)cc1Cl. The molecule has 1 rings (SSSR count). The smallest absolute Gasteiger partial charge is 0.285 e. The fourth-order valence-corrected chi connectivity index (χ4v) is 3.08. The Morgan fingerprint density at radius 2 is 2.14 bits per heavy atom. The van der Waals surface area contributed by atoms with Gasteiger partial charge in [-0.1, -0.05) is 23.2 Å². The number of nitrogens with zero attached hydrogens (tertiary/aromatic N) is 2. The van der Waals surface area contributed by atoms with Gasteiger partial charge >= 0.3 is 0 Å². The highest BCUT2D eigenvalue weighted by Crippen LogP contribution is 2.26.